The second-order valence-corrected chi connectivity index (χ2v) is 9.36. The summed E-state index contributed by atoms with van der Waals surface area (Å²) in [5.74, 6) is -0.933. The largest absolute Gasteiger partial charge is 0.467 e. The number of halogens is 1. The summed E-state index contributed by atoms with van der Waals surface area (Å²) in [6.45, 7) is 2.75. The Balaban J connectivity index is 1.38. The molecule has 3 heterocycles. The molecule has 192 valence electrons. The Hall–Kier alpha value is -3.98. The third-order valence-electron chi connectivity index (χ3n) is 7.08. The fraction of sp³-hybridized carbons (Fsp3) is 0.321. The summed E-state index contributed by atoms with van der Waals surface area (Å²) in [6, 6.07) is 15.4. The lowest BCUT2D eigenvalue weighted by atomic mass is 9.95. The van der Waals surface area contributed by atoms with E-state index in [0.717, 1.165) is 11.6 Å². The van der Waals surface area contributed by atoms with Crippen molar-refractivity contribution in [1.82, 2.24) is 15.1 Å². The molecule has 1 atom stereocenters. The molecule has 3 aromatic rings. The minimum Gasteiger partial charge on any atom is -0.467 e. The van der Waals surface area contributed by atoms with Crippen LogP contribution in [-0.4, -0.2) is 59.0 Å². The standard InChI is InChI=1S/C28H28FN3O5/c1-19-6-2-3-10-23(19)27(35)31-13-11-28(12-14-31)32(26(34)20-7-4-8-21(29)16-20)24(18-37-28)25(33)30-17-22-9-5-15-36-22/h2-10,15-16,24H,11-14,17-18H2,1H3,(H,30,33)/t24-/m1/s1. The fourth-order valence-electron chi connectivity index (χ4n) is 5.08. The summed E-state index contributed by atoms with van der Waals surface area (Å²) >= 11 is 0. The zero-order chi connectivity index (χ0) is 26.0. The van der Waals surface area contributed by atoms with Gasteiger partial charge in [-0.1, -0.05) is 24.3 Å². The van der Waals surface area contributed by atoms with Crippen molar-refractivity contribution in [3.8, 4) is 0 Å². The quantitative estimate of drug-likeness (QED) is 0.573. The van der Waals surface area contributed by atoms with Gasteiger partial charge in [0.2, 0.25) is 5.91 Å². The van der Waals surface area contributed by atoms with Gasteiger partial charge in [0.25, 0.3) is 11.8 Å². The summed E-state index contributed by atoms with van der Waals surface area (Å²) in [5.41, 5.74) is 0.570. The van der Waals surface area contributed by atoms with Gasteiger partial charge in [-0.05, 0) is 48.9 Å². The van der Waals surface area contributed by atoms with Gasteiger partial charge in [-0.3, -0.25) is 19.3 Å². The summed E-state index contributed by atoms with van der Waals surface area (Å²) in [5, 5.41) is 2.81. The number of benzene rings is 2. The van der Waals surface area contributed by atoms with Crippen LogP contribution in [0.3, 0.4) is 0 Å². The molecular weight excluding hydrogens is 477 g/mol. The van der Waals surface area contributed by atoms with E-state index in [0.29, 0.717) is 37.3 Å². The number of piperidine rings is 1. The zero-order valence-electron chi connectivity index (χ0n) is 20.5. The van der Waals surface area contributed by atoms with Crippen LogP contribution >= 0.6 is 0 Å². The molecule has 0 unspecified atom stereocenters. The van der Waals surface area contributed by atoms with Crippen molar-refractivity contribution in [2.45, 2.75) is 38.1 Å². The number of carbonyl (C=O) groups is 3. The molecule has 3 amide bonds. The first-order valence-corrected chi connectivity index (χ1v) is 12.3. The molecule has 8 nitrogen and oxygen atoms in total. The van der Waals surface area contributed by atoms with Crippen LogP contribution < -0.4 is 5.32 Å². The van der Waals surface area contributed by atoms with Gasteiger partial charge in [0.05, 0.1) is 19.4 Å². The van der Waals surface area contributed by atoms with Crippen LogP contribution in [-0.2, 0) is 16.1 Å². The number of hydrogen-bond donors (Lipinski definition) is 1. The number of nitrogens with one attached hydrogen (secondary N) is 1. The molecule has 2 aromatic carbocycles. The molecule has 2 aliphatic rings. The lowest BCUT2D eigenvalue weighted by Gasteiger charge is -2.44. The third-order valence-corrected chi connectivity index (χ3v) is 7.08. The minimum absolute atomic E-state index is 0.00319. The Bertz CT molecular complexity index is 1300. The molecule has 0 saturated carbocycles. The Morgan fingerprint density at radius 2 is 1.81 bits per heavy atom. The molecule has 0 radical (unpaired) electrons. The van der Waals surface area contributed by atoms with E-state index in [-0.39, 0.29) is 24.6 Å². The number of aryl methyl sites for hydroxylation is 1. The highest BCUT2D eigenvalue weighted by Gasteiger charge is 2.54. The maximum absolute atomic E-state index is 14.0. The molecule has 1 spiro atoms. The number of ether oxygens (including phenoxy) is 1. The van der Waals surface area contributed by atoms with E-state index >= 15 is 0 Å². The van der Waals surface area contributed by atoms with Crippen LogP contribution in [0.4, 0.5) is 4.39 Å². The number of amides is 3. The molecular formula is C28H28FN3O5. The number of furan rings is 1. The summed E-state index contributed by atoms with van der Waals surface area (Å²) in [7, 11) is 0. The number of rotatable bonds is 5. The van der Waals surface area contributed by atoms with Gasteiger partial charge in [-0.15, -0.1) is 0 Å². The fourth-order valence-corrected chi connectivity index (χ4v) is 5.08. The third kappa shape index (κ3) is 4.86. The lowest BCUT2D eigenvalue weighted by molar-refractivity contribution is -0.128. The Morgan fingerprint density at radius 3 is 2.51 bits per heavy atom. The van der Waals surface area contributed by atoms with Crippen molar-refractivity contribution in [2.75, 3.05) is 19.7 Å². The second-order valence-electron chi connectivity index (χ2n) is 9.36. The maximum Gasteiger partial charge on any atom is 0.256 e. The summed E-state index contributed by atoms with van der Waals surface area (Å²) in [6.07, 6.45) is 2.17. The highest BCUT2D eigenvalue weighted by molar-refractivity contribution is 5.99. The summed E-state index contributed by atoms with van der Waals surface area (Å²) in [4.78, 5) is 43.3. The maximum atomic E-state index is 14.0. The van der Waals surface area contributed by atoms with Crippen molar-refractivity contribution in [1.29, 1.82) is 0 Å². The Kier molecular flexibility index (Phi) is 6.80. The van der Waals surface area contributed by atoms with Gasteiger partial charge < -0.3 is 19.4 Å². The van der Waals surface area contributed by atoms with Crippen molar-refractivity contribution >= 4 is 17.7 Å². The van der Waals surface area contributed by atoms with Gasteiger partial charge in [0, 0.05) is 37.1 Å². The second kappa shape index (κ2) is 10.2. The van der Waals surface area contributed by atoms with Gasteiger partial charge in [0.1, 0.15) is 23.3 Å². The first-order valence-electron chi connectivity index (χ1n) is 12.3. The van der Waals surface area contributed by atoms with Crippen molar-refractivity contribution < 1.29 is 27.9 Å². The lowest BCUT2D eigenvalue weighted by Crippen LogP contribution is -2.59. The monoisotopic (exact) mass is 505 g/mol. The van der Waals surface area contributed by atoms with E-state index in [2.05, 4.69) is 5.32 Å². The van der Waals surface area contributed by atoms with Crippen molar-refractivity contribution in [3.63, 3.8) is 0 Å². The zero-order valence-corrected chi connectivity index (χ0v) is 20.5. The SMILES string of the molecule is Cc1ccccc1C(=O)N1CCC2(CC1)OC[C@H](C(=O)NCc1ccco1)N2C(=O)c1cccc(F)c1. The average molecular weight is 506 g/mol. The number of likely N-dealkylation sites (tertiary alicyclic amines) is 1. The van der Waals surface area contributed by atoms with E-state index < -0.39 is 29.4 Å². The molecule has 0 aliphatic carbocycles. The first kappa shape index (κ1) is 24.7. The van der Waals surface area contributed by atoms with E-state index in [9.17, 15) is 18.8 Å². The predicted molar refractivity (Wildman–Crippen MR) is 132 cm³/mol. The van der Waals surface area contributed by atoms with Gasteiger partial charge in [0.15, 0.2) is 0 Å². The molecule has 37 heavy (non-hydrogen) atoms. The van der Waals surface area contributed by atoms with Crippen LogP contribution in [0.1, 0.15) is 44.9 Å². The Morgan fingerprint density at radius 1 is 1.03 bits per heavy atom. The van der Waals surface area contributed by atoms with E-state index in [1.807, 2.05) is 25.1 Å². The molecule has 1 aromatic heterocycles. The Labute approximate surface area is 214 Å². The van der Waals surface area contributed by atoms with Gasteiger partial charge in [-0.25, -0.2) is 4.39 Å². The van der Waals surface area contributed by atoms with E-state index in [1.165, 1.54) is 29.4 Å². The van der Waals surface area contributed by atoms with Crippen LogP contribution in [0.2, 0.25) is 0 Å². The van der Waals surface area contributed by atoms with E-state index in [4.69, 9.17) is 9.15 Å². The van der Waals surface area contributed by atoms with Gasteiger partial charge >= 0.3 is 0 Å². The molecule has 2 aliphatic heterocycles. The van der Waals surface area contributed by atoms with Crippen molar-refractivity contribution in [3.05, 3.63) is 95.2 Å². The van der Waals surface area contributed by atoms with Crippen LogP contribution in [0.15, 0.2) is 71.3 Å². The molecule has 2 fully saturated rings. The topological polar surface area (TPSA) is 92.1 Å². The van der Waals surface area contributed by atoms with Crippen LogP contribution in [0, 0.1) is 12.7 Å². The average Bonchev–Trinajstić information content (AvgIpc) is 3.56. The molecule has 2 saturated heterocycles. The highest BCUT2D eigenvalue weighted by Crippen LogP contribution is 2.39. The smallest absolute Gasteiger partial charge is 0.256 e. The molecule has 1 N–H and O–H groups in total. The van der Waals surface area contributed by atoms with Crippen LogP contribution in [0.5, 0.6) is 0 Å². The predicted octanol–water partition coefficient (Wildman–Crippen LogP) is 3.52. The molecule has 0 bridgehead atoms. The number of nitrogens with zero attached hydrogens (tertiary/aromatic N) is 2. The minimum atomic E-state index is -1.08. The van der Waals surface area contributed by atoms with Gasteiger partial charge in [-0.2, -0.15) is 0 Å². The molecule has 5 rings (SSSR count). The van der Waals surface area contributed by atoms with E-state index in [1.54, 1.807) is 23.1 Å². The highest BCUT2D eigenvalue weighted by atomic mass is 19.1. The summed E-state index contributed by atoms with van der Waals surface area (Å²) < 4.78 is 25.5. The first-order chi connectivity index (χ1) is 17.9. The number of hydrogen-bond acceptors (Lipinski definition) is 5. The molecule has 9 heteroatoms. The van der Waals surface area contributed by atoms with Crippen LogP contribution in [0.25, 0.3) is 0 Å². The van der Waals surface area contributed by atoms with Crippen molar-refractivity contribution in [2.24, 2.45) is 0 Å². The number of carbonyl (C=O) groups excluding carboxylic acids is 3. The normalized spacial score (nSPS) is 18.7.